The van der Waals surface area contributed by atoms with Gasteiger partial charge >= 0.3 is 0 Å². The Balaban J connectivity index is 1.65. The fraction of sp³-hybridized carbons (Fsp3) is 0.200. The Morgan fingerprint density at radius 3 is 2.66 bits per heavy atom. The van der Waals surface area contributed by atoms with Crippen molar-refractivity contribution in [2.24, 2.45) is 0 Å². The van der Waals surface area contributed by atoms with Gasteiger partial charge in [-0.1, -0.05) is 49.9 Å². The van der Waals surface area contributed by atoms with Crippen LogP contribution in [0.4, 0.5) is 11.4 Å². The number of nitrogens with one attached hydrogen (secondary N) is 1. The molecule has 10 heteroatoms. The lowest BCUT2D eigenvalue weighted by atomic mass is 10.0. The molecular formula is C25H24N6O3S. The molecule has 4 aromatic rings. The Hall–Kier alpha value is -4.05. The summed E-state index contributed by atoms with van der Waals surface area (Å²) >= 11 is 1.21. The standard InChI is InChI=1S/C25H24N6O3S/c1-16(2)19-8-4-5-9-21(19)30-24(18-7-6-12-26-14-18)28-29-25(30)35-15-23(32)27-20-11-10-17(3)13-22(20)31(33)34/h4-14,16H,15H2,1-3H3,(H,27,32). The number of hydrogen-bond acceptors (Lipinski definition) is 7. The monoisotopic (exact) mass is 488 g/mol. The van der Waals surface area contributed by atoms with Crippen LogP contribution in [-0.2, 0) is 4.79 Å². The maximum Gasteiger partial charge on any atom is 0.293 e. The molecule has 0 saturated heterocycles. The van der Waals surface area contributed by atoms with E-state index in [4.69, 9.17) is 0 Å². The van der Waals surface area contributed by atoms with E-state index in [-0.39, 0.29) is 29.0 Å². The zero-order valence-electron chi connectivity index (χ0n) is 19.5. The molecule has 9 nitrogen and oxygen atoms in total. The van der Waals surface area contributed by atoms with E-state index < -0.39 is 4.92 Å². The van der Waals surface area contributed by atoms with Crippen LogP contribution >= 0.6 is 11.8 Å². The number of nitro benzene ring substituents is 1. The van der Waals surface area contributed by atoms with Gasteiger partial charge in [0.25, 0.3) is 5.69 Å². The van der Waals surface area contributed by atoms with Gasteiger partial charge in [0, 0.05) is 24.0 Å². The Morgan fingerprint density at radius 1 is 1.14 bits per heavy atom. The molecule has 1 amide bonds. The minimum absolute atomic E-state index is 0.0000488. The molecular weight excluding hydrogens is 464 g/mol. The van der Waals surface area contributed by atoms with Crippen LogP contribution in [0.3, 0.4) is 0 Å². The molecule has 0 fully saturated rings. The number of para-hydroxylation sites is 1. The second kappa shape index (κ2) is 10.5. The average Bonchev–Trinajstić information content (AvgIpc) is 3.28. The molecule has 35 heavy (non-hydrogen) atoms. The van der Waals surface area contributed by atoms with Crippen molar-refractivity contribution in [3.63, 3.8) is 0 Å². The van der Waals surface area contributed by atoms with Crippen molar-refractivity contribution in [2.75, 3.05) is 11.1 Å². The lowest BCUT2D eigenvalue weighted by Crippen LogP contribution is -2.16. The van der Waals surface area contributed by atoms with Crippen LogP contribution in [0.25, 0.3) is 17.1 Å². The number of benzene rings is 2. The number of pyridine rings is 1. The number of aryl methyl sites for hydroxylation is 1. The summed E-state index contributed by atoms with van der Waals surface area (Å²) in [6.45, 7) is 5.99. The second-order valence-corrected chi connectivity index (χ2v) is 9.15. The maximum atomic E-state index is 12.7. The highest BCUT2D eigenvalue weighted by Crippen LogP contribution is 2.32. The van der Waals surface area contributed by atoms with Crippen LogP contribution in [0.15, 0.2) is 72.1 Å². The molecule has 2 aromatic heterocycles. The summed E-state index contributed by atoms with van der Waals surface area (Å²) in [5.41, 5.74) is 3.58. The van der Waals surface area contributed by atoms with E-state index in [1.165, 1.54) is 23.9 Å². The molecule has 0 bridgehead atoms. The van der Waals surface area contributed by atoms with Gasteiger partial charge in [-0.05, 0) is 48.2 Å². The van der Waals surface area contributed by atoms with E-state index in [1.807, 2.05) is 34.9 Å². The molecule has 0 saturated carbocycles. The maximum absolute atomic E-state index is 12.7. The number of anilines is 1. The molecule has 2 heterocycles. The number of nitro groups is 1. The fourth-order valence-corrected chi connectivity index (χ4v) is 4.40. The SMILES string of the molecule is Cc1ccc(NC(=O)CSc2nnc(-c3cccnc3)n2-c2ccccc2C(C)C)c([N+](=O)[O-])c1. The quantitative estimate of drug-likeness (QED) is 0.200. The Bertz CT molecular complexity index is 1370. The third-order valence-electron chi connectivity index (χ3n) is 5.31. The zero-order valence-corrected chi connectivity index (χ0v) is 20.3. The zero-order chi connectivity index (χ0) is 24.9. The van der Waals surface area contributed by atoms with E-state index in [0.29, 0.717) is 11.0 Å². The Morgan fingerprint density at radius 2 is 1.94 bits per heavy atom. The van der Waals surface area contributed by atoms with E-state index in [9.17, 15) is 14.9 Å². The molecule has 0 aliphatic carbocycles. The summed E-state index contributed by atoms with van der Waals surface area (Å²) < 4.78 is 1.93. The summed E-state index contributed by atoms with van der Waals surface area (Å²) in [5, 5.41) is 23.3. The molecule has 2 aromatic carbocycles. The predicted octanol–water partition coefficient (Wildman–Crippen LogP) is 5.40. The van der Waals surface area contributed by atoms with Gasteiger partial charge in [0.15, 0.2) is 11.0 Å². The van der Waals surface area contributed by atoms with E-state index >= 15 is 0 Å². The Labute approximate surface area is 206 Å². The number of carbonyl (C=O) groups excluding carboxylic acids is 1. The molecule has 0 radical (unpaired) electrons. The van der Waals surface area contributed by atoms with Crippen molar-refractivity contribution >= 4 is 29.0 Å². The lowest BCUT2D eigenvalue weighted by Gasteiger charge is -2.16. The minimum Gasteiger partial charge on any atom is -0.320 e. The molecule has 0 aliphatic heterocycles. The van der Waals surface area contributed by atoms with Gasteiger partial charge in [0.2, 0.25) is 5.91 Å². The van der Waals surface area contributed by atoms with E-state index in [0.717, 1.165) is 22.4 Å². The van der Waals surface area contributed by atoms with Gasteiger partial charge in [-0.3, -0.25) is 24.5 Å². The second-order valence-electron chi connectivity index (χ2n) is 8.21. The van der Waals surface area contributed by atoms with Gasteiger partial charge in [-0.25, -0.2) is 0 Å². The highest BCUT2D eigenvalue weighted by atomic mass is 32.2. The van der Waals surface area contributed by atoms with Crippen molar-refractivity contribution in [1.29, 1.82) is 0 Å². The number of amides is 1. The third kappa shape index (κ3) is 5.38. The van der Waals surface area contributed by atoms with Gasteiger partial charge in [-0.2, -0.15) is 0 Å². The lowest BCUT2D eigenvalue weighted by molar-refractivity contribution is -0.384. The third-order valence-corrected chi connectivity index (χ3v) is 6.24. The van der Waals surface area contributed by atoms with Crippen LogP contribution in [0.2, 0.25) is 0 Å². The normalized spacial score (nSPS) is 11.0. The van der Waals surface area contributed by atoms with Gasteiger partial charge < -0.3 is 5.32 Å². The summed E-state index contributed by atoms with van der Waals surface area (Å²) in [4.78, 5) is 27.8. The van der Waals surface area contributed by atoms with Gasteiger partial charge in [0.05, 0.1) is 16.4 Å². The molecule has 1 N–H and O–H groups in total. The van der Waals surface area contributed by atoms with Crippen LogP contribution < -0.4 is 5.32 Å². The summed E-state index contributed by atoms with van der Waals surface area (Å²) in [7, 11) is 0. The molecule has 0 atom stereocenters. The van der Waals surface area contributed by atoms with E-state index in [1.54, 1.807) is 25.4 Å². The minimum atomic E-state index is -0.505. The van der Waals surface area contributed by atoms with Crippen LogP contribution in [0.1, 0.15) is 30.9 Å². The van der Waals surface area contributed by atoms with Crippen LogP contribution in [-0.4, -0.2) is 36.3 Å². The average molecular weight is 489 g/mol. The highest BCUT2D eigenvalue weighted by molar-refractivity contribution is 7.99. The number of thioether (sulfide) groups is 1. The largest absolute Gasteiger partial charge is 0.320 e. The molecule has 0 aliphatic rings. The van der Waals surface area contributed by atoms with Crippen molar-refractivity contribution in [3.8, 4) is 17.1 Å². The smallest absolute Gasteiger partial charge is 0.293 e. The predicted molar refractivity (Wildman–Crippen MR) is 136 cm³/mol. The Kier molecular flexibility index (Phi) is 7.21. The molecule has 0 spiro atoms. The number of carbonyl (C=O) groups is 1. The summed E-state index contributed by atoms with van der Waals surface area (Å²) in [6, 6.07) is 16.4. The highest BCUT2D eigenvalue weighted by Gasteiger charge is 2.21. The molecule has 0 unspecified atom stereocenters. The first-order valence-electron chi connectivity index (χ1n) is 11.0. The number of aromatic nitrogens is 4. The van der Waals surface area contributed by atoms with Crippen molar-refractivity contribution < 1.29 is 9.72 Å². The number of rotatable bonds is 8. The fourth-order valence-electron chi connectivity index (χ4n) is 3.66. The summed E-state index contributed by atoms with van der Waals surface area (Å²) in [5.74, 6) is 0.485. The van der Waals surface area contributed by atoms with Gasteiger partial charge in [0.1, 0.15) is 5.69 Å². The number of nitrogens with zero attached hydrogens (tertiary/aromatic N) is 5. The van der Waals surface area contributed by atoms with Crippen molar-refractivity contribution in [3.05, 3.63) is 88.2 Å². The molecule has 178 valence electrons. The topological polar surface area (TPSA) is 116 Å². The van der Waals surface area contributed by atoms with Crippen molar-refractivity contribution in [1.82, 2.24) is 19.7 Å². The van der Waals surface area contributed by atoms with Crippen LogP contribution in [0.5, 0.6) is 0 Å². The first-order chi connectivity index (χ1) is 16.8. The first kappa shape index (κ1) is 24.1. The van der Waals surface area contributed by atoms with Gasteiger partial charge in [-0.15, -0.1) is 10.2 Å². The molecule has 4 rings (SSSR count). The number of hydrogen-bond donors (Lipinski definition) is 1. The van der Waals surface area contributed by atoms with Crippen molar-refractivity contribution in [2.45, 2.75) is 31.8 Å². The first-order valence-corrected chi connectivity index (χ1v) is 12.0. The van der Waals surface area contributed by atoms with Crippen LogP contribution in [0, 0.1) is 17.0 Å². The van der Waals surface area contributed by atoms with E-state index in [2.05, 4.69) is 40.4 Å². The summed E-state index contributed by atoms with van der Waals surface area (Å²) in [6.07, 6.45) is 3.41.